The summed E-state index contributed by atoms with van der Waals surface area (Å²) < 4.78 is 1.33. The van der Waals surface area contributed by atoms with Crippen molar-refractivity contribution in [3.05, 3.63) is 247 Å². The number of anilines is 3. The fraction of sp³-hybridized carbons (Fsp3) is 0.0169. The van der Waals surface area contributed by atoms with Crippen molar-refractivity contribution >= 4 is 60.0 Å². The van der Waals surface area contributed by atoms with Crippen molar-refractivity contribution in [1.29, 1.82) is 0 Å². The topological polar surface area (TPSA) is 3.24 Å². The standard InChI is InChI=1S/C59H37NS/c1-3-17-38(18-4-1)55-56-49-26-9-7-21-43(49)44-22-8-10-27-50(44)58(56)61-57(55)39-31-33-41(34-32-39)60(40-19-5-2-6-20-40)42-35-36-48-47-25-13-16-30-53(47)59(54(48)37-42)51-28-14-11-23-45(51)46-24-12-15-29-52(46)59/h1-37H. The Hall–Kier alpha value is -7.52. The van der Waals surface area contributed by atoms with E-state index in [4.69, 9.17) is 0 Å². The fourth-order valence-electron chi connectivity index (χ4n) is 10.8. The lowest BCUT2D eigenvalue weighted by molar-refractivity contribution is 0.793. The number of fused-ring (bicyclic) bond motifs is 16. The molecule has 0 N–H and O–H groups in total. The first-order valence-corrected chi connectivity index (χ1v) is 21.9. The van der Waals surface area contributed by atoms with Crippen molar-refractivity contribution in [2.24, 2.45) is 0 Å². The van der Waals surface area contributed by atoms with Gasteiger partial charge in [-0.3, -0.25) is 0 Å². The molecule has 11 aromatic rings. The van der Waals surface area contributed by atoms with Gasteiger partial charge in [0.1, 0.15) is 0 Å². The highest BCUT2D eigenvalue weighted by Gasteiger charge is 2.51. The lowest BCUT2D eigenvalue weighted by atomic mass is 9.70. The van der Waals surface area contributed by atoms with Crippen LogP contribution in [0.5, 0.6) is 0 Å². The zero-order chi connectivity index (χ0) is 40.1. The first-order chi connectivity index (χ1) is 30.3. The maximum Gasteiger partial charge on any atom is 0.0726 e. The zero-order valence-electron chi connectivity index (χ0n) is 33.2. The summed E-state index contributed by atoms with van der Waals surface area (Å²) in [7, 11) is 0. The minimum Gasteiger partial charge on any atom is -0.310 e. The molecule has 61 heavy (non-hydrogen) atoms. The molecular weight excluding hydrogens is 755 g/mol. The molecule has 2 aliphatic rings. The predicted molar refractivity (Wildman–Crippen MR) is 259 cm³/mol. The van der Waals surface area contributed by atoms with Gasteiger partial charge in [0.25, 0.3) is 0 Å². The summed E-state index contributed by atoms with van der Waals surface area (Å²) in [6.07, 6.45) is 0. The van der Waals surface area contributed by atoms with Crippen LogP contribution >= 0.6 is 11.3 Å². The molecule has 0 radical (unpaired) electrons. The smallest absolute Gasteiger partial charge is 0.0726 e. The van der Waals surface area contributed by atoms with Crippen molar-refractivity contribution in [3.8, 4) is 43.8 Å². The largest absolute Gasteiger partial charge is 0.310 e. The summed E-state index contributed by atoms with van der Waals surface area (Å²) >= 11 is 1.92. The molecule has 1 spiro atoms. The molecule has 1 aromatic heterocycles. The highest BCUT2D eigenvalue weighted by atomic mass is 32.1. The van der Waals surface area contributed by atoms with Crippen LogP contribution in [-0.2, 0) is 5.41 Å². The zero-order valence-corrected chi connectivity index (χ0v) is 34.0. The van der Waals surface area contributed by atoms with Crippen LogP contribution in [-0.4, -0.2) is 0 Å². The molecule has 1 heterocycles. The maximum absolute atomic E-state index is 2.48. The second-order valence-corrected chi connectivity index (χ2v) is 17.3. The van der Waals surface area contributed by atoms with Gasteiger partial charge >= 0.3 is 0 Å². The van der Waals surface area contributed by atoms with Gasteiger partial charge in [-0.1, -0.05) is 188 Å². The van der Waals surface area contributed by atoms with Crippen molar-refractivity contribution in [3.63, 3.8) is 0 Å². The number of nitrogens with zero attached hydrogens (tertiary/aromatic N) is 1. The van der Waals surface area contributed by atoms with Gasteiger partial charge in [0.05, 0.1) is 5.41 Å². The molecule has 2 aliphatic carbocycles. The lowest BCUT2D eigenvalue weighted by Crippen LogP contribution is -2.26. The lowest BCUT2D eigenvalue weighted by Gasteiger charge is -2.32. The Balaban J connectivity index is 1.01. The molecule has 0 atom stereocenters. The Labute approximate surface area is 359 Å². The molecule has 1 nitrogen and oxygen atoms in total. The number of hydrogen-bond donors (Lipinski definition) is 0. The number of benzene rings is 10. The second kappa shape index (κ2) is 13.2. The normalized spacial score (nSPS) is 13.0. The molecule has 10 aromatic carbocycles. The van der Waals surface area contributed by atoms with Gasteiger partial charge in [0.15, 0.2) is 0 Å². The Morgan fingerprint density at radius 3 is 1.41 bits per heavy atom. The first kappa shape index (κ1) is 34.4. The van der Waals surface area contributed by atoms with Crippen LogP contribution in [0.15, 0.2) is 224 Å². The van der Waals surface area contributed by atoms with E-state index >= 15 is 0 Å². The highest BCUT2D eigenvalue weighted by molar-refractivity contribution is 7.24. The van der Waals surface area contributed by atoms with Crippen LogP contribution in [0.1, 0.15) is 22.3 Å². The second-order valence-electron chi connectivity index (χ2n) is 16.3. The van der Waals surface area contributed by atoms with Crippen molar-refractivity contribution in [1.82, 2.24) is 0 Å². The Bertz CT molecular complexity index is 3460. The van der Waals surface area contributed by atoms with Gasteiger partial charge in [-0.15, -0.1) is 11.3 Å². The molecule has 2 heteroatoms. The minimum absolute atomic E-state index is 0.412. The first-order valence-electron chi connectivity index (χ1n) is 21.1. The summed E-state index contributed by atoms with van der Waals surface area (Å²) in [5.41, 5.74) is 17.4. The van der Waals surface area contributed by atoms with E-state index in [0.717, 1.165) is 17.1 Å². The molecule has 0 fully saturated rings. The number of rotatable bonds is 5. The summed E-state index contributed by atoms with van der Waals surface area (Å²) in [5.74, 6) is 0. The van der Waals surface area contributed by atoms with E-state index in [1.807, 2.05) is 11.3 Å². The van der Waals surface area contributed by atoms with Crippen LogP contribution in [0.4, 0.5) is 17.1 Å². The molecule has 0 bridgehead atoms. The molecule has 284 valence electrons. The van der Waals surface area contributed by atoms with Gasteiger partial charge in [-0.25, -0.2) is 0 Å². The van der Waals surface area contributed by atoms with Gasteiger partial charge in [0, 0.05) is 43.0 Å². The number of thiophene rings is 1. The van der Waals surface area contributed by atoms with Crippen LogP contribution < -0.4 is 4.90 Å². The minimum atomic E-state index is -0.412. The Morgan fingerprint density at radius 2 is 0.787 bits per heavy atom. The van der Waals surface area contributed by atoms with Gasteiger partial charge in [-0.05, 0) is 108 Å². The van der Waals surface area contributed by atoms with E-state index in [2.05, 4.69) is 229 Å². The summed E-state index contributed by atoms with van der Waals surface area (Å²) in [4.78, 5) is 3.72. The Morgan fingerprint density at radius 1 is 0.328 bits per heavy atom. The average Bonchev–Trinajstić information content (AvgIpc) is 3.98. The van der Waals surface area contributed by atoms with Gasteiger partial charge in [0.2, 0.25) is 0 Å². The van der Waals surface area contributed by atoms with Crippen LogP contribution in [0.3, 0.4) is 0 Å². The molecule has 0 aliphatic heterocycles. The number of hydrogen-bond acceptors (Lipinski definition) is 2. The molecule has 0 saturated carbocycles. The SMILES string of the molecule is c1ccc(-c2c(-c3ccc(N(c4ccccc4)c4ccc5c(c4)C4(c6ccccc6-c6ccccc64)c4ccccc4-5)cc3)sc3c4ccccc4c4ccccc4c23)cc1. The maximum atomic E-state index is 2.48. The number of para-hydroxylation sites is 1. The monoisotopic (exact) mass is 791 g/mol. The van der Waals surface area contributed by atoms with Crippen LogP contribution in [0.2, 0.25) is 0 Å². The van der Waals surface area contributed by atoms with Crippen molar-refractivity contribution in [2.75, 3.05) is 4.90 Å². The molecule has 13 rings (SSSR count). The fourth-order valence-corrected chi connectivity index (χ4v) is 12.2. The van der Waals surface area contributed by atoms with E-state index < -0.39 is 5.41 Å². The molecule has 0 amide bonds. The summed E-state index contributed by atoms with van der Waals surface area (Å²) in [6, 6.07) is 83.2. The van der Waals surface area contributed by atoms with E-state index in [1.54, 1.807) is 0 Å². The molecule has 0 unspecified atom stereocenters. The summed E-state index contributed by atoms with van der Waals surface area (Å²) in [5, 5.41) is 6.54. The third kappa shape index (κ3) is 4.83. The Kier molecular flexibility index (Phi) is 7.46. The van der Waals surface area contributed by atoms with E-state index in [9.17, 15) is 0 Å². The van der Waals surface area contributed by atoms with E-state index in [1.165, 1.54) is 97.7 Å². The van der Waals surface area contributed by atoms with Crippen LogP contribution in [0.25, 0.3) is 75.5 Å². The highest BCUT2D eigenvalue weighted by Crippen LogP contribution is 2.63. The third-order valence-electron chi connectivity index (χ3n) is 13.3. The van der Waals surface area contributed by atoms with Gasteiger partial charge in [-0.2, -0.15) is 0 Å². The molecular formula is C59H37NS. The summed E-state index contributed by atoms with van der Waals surface area (Å²) in [6.45, 7) is 0. The molecule has 0 saturated heterocycles. The van der Waals surface area contributed by atoms with Gasteiger partial charge < -0.3 is 4.90 Å². The van der Waals surface area contributed by atoms with Crippen LogP contribution in [0, 0.1) is 0 Å². The predicted octanol–water partition coefficient (Wildman–Crippen LogP) is 16.4. The van der Waals surface area contributed by atoms with E-state index in [0.29, 0.717) is 0 Å². The average molecular weight is 792 g/mol. The van der Waals surface area contributed by atoms with Crippen molar-refractivity contribution in [2.45, 2.75) is 5.41 Å². The van der Waals surface area contributed by atoms with Crippen molar-refractivity contribution < 1.29 is 0 Å². The quantitative estimate of drug-likeness (QED) is 0.157. The third-order valence-corrected chi connectivity index (χ3v) is 14.5. The van der Waals surface area contributed by atoms with E-state index in [-0.39, 0.29) is 0 Å².